The zero-order chi connectivity index (χ0) is 23.5. The fraction of sp³-hybridized carbons (Fsp3) is 0.545. The molecule has 4 rings (SSSR count). The summed E-state index contributed by atoms with van der Waals surface area (Å²) in [6, 6.07) is 3.50. The number of aromatic nitrogens is 2. The van der Waals surface area contributed by atoms with Gasteiger partial charge in [-0.2, -0.15) is 0 Å². The lowest BCUT2D eigenvalue weighted by molar-refractivity contribution is 0.163. The van der Waals surface area contributed by atoms with Crippen LogP contribution in [0.2, 0.25) is 0 Å². The molecular weight excluding hydrogens is 452 g/mol. The molecule has 1 N–H and O–H groups in total. The molecule has 0 unspecified atom stereocenters. The summed E-state index contributed by atoms with van der Waals surface area (Å²) >= 11 is 0. The predicted molar refractivity (Wildman–Crippen MR) is 122 cm³/mol. The first-order valence-corrected chi connectivity index (χ1v) is 12.5. The molecular formula is C22H29F2N5O3S. The third-order valence-electron chi connectivity index (χ3n) is 5.74. The molecule has 0 amide bonds. The van der Waals surface area contributed by atoms with Crippen LogP contribution in [0.1, 0.15) is 38.1 Å². The molecule has 2 aliphatic rings. The van der Waals surface area contributed by atoms with Crippen LogP contribution in [-0.4, -0.2) is 60.9 Å². The first-order valence-electron chi connectivity index (χ1n) is 11.2. The second-order valence-electron chi connectivity index (χ2n) is 8.74. The van der Waals surface area contributed by atoms with E-state index in [-0.39, 0.29) is 23.8 Å². The highest BCUT2D eigenvalue weighted by Gasteiger charge is 2.28. The number of hydrogen-bond acceptors (Lipinski definition) is 8. The molecule has 3 heterocycles. The van der Waals surface area contributed by atoms with Crippen molar-refractivity contribution in [2.24, 2.45) is 0 Å². The zero-order valence-electron chi connectivity index (χ0n) is 18.8. The van der Waals surface area contributed by atoms with Crippen LogP contribution in [0.25, 0.3) is 0 Å². The van der Waals surface area contributed by atoms with Crippen molar-refractivity contribution in [1.82, 2.24) is 14.9 Å². The summed E-state index contributed by atoms with van der Waals surface area (Å²) in [7, 11) is -2.49. The lowest BCUT2D eigenvalue weighted by Crippen LogP contribution is -2.40. The lowest BCUT2D eigenvalue weighted by atomic mass is 10.1. The van der Waals surface area contributed by atoms with Crippen LogP contribution >= 0.6 is 0 Å². The molecule has 0 atom stereocenters. The van der Waals surface area contributed by atoms with E-state index in [1.165, 1.54) is 12.1 Å². The maximum atomic E-state index is 13.9. The van der Waals surface area contributed by atoms with Gasteiger partial charge >= 0.3 is 0 Å². The van der Waals surface area contributed by atoms with Crippen LogP contribution in [0.4, 0.5) is 20.4 Å². The van der Waals surface area contributed by atoms with Crippen molar-refractivity contribution in [2.75, 3.05) is 35.7 Å². The highest BCUT2D eigenvalue weighted by molar-refractivity contribution is 7.72. The number of piperidine rings is 1. The Morgan fingerprint density at radius 2 is 1.91 bits per heavy atom. The summed E-state index contributed by atoms with van der Waals surface area (Å²) in [4.78, 5) is 13.7. The maximum absolute atomic E-state index is 13.9. The molecule has 180 valence electrons. The Balaban J connectivity index is 1.49. The number of fused-ring (bicyclic) bond motifs is 1. The Bertz CT molecular complexity index is 1070. The standard InChI is InChI=1S/C22H29F2N5O3S/c1-14(2)25-21-22(27-19-12-28(13-33(30)31)8-7-18(19)26-21)29-9-5-16(6-10-29)32-20-4-3-15(23)11-17(20)24/h3-4,11,14,16,33H,5-10,12-13H2,1-2H3,(H,25,26). The smallest absolute Gasteiger partial charge is 0.172 e. The molecule has 0 aliphatic carbocycles. The summed E-state index contributed by atoms with van der Waals surface area (Å²) in [6.07, 6.45) is 1.77. The van der Waals surface area contributed by atoms with Gasteiger partial charge in [-0.05, 0) is 26.0 Å². The number of rotatable bonds is 7. The minimum absolute atomic E-state index is 0.0143. The lowest BCUT2D eigenvalue weighted by Gasteiger charge is -2.35. The minimum atomic E-state index is -2.49. The quantitative estimate of drug-likeness (QED) is 0.584. The topological polar surface area (TPSA) is 87.7 Å². The SMILES string of the molecule is CC(C)Nc1nc2c(nc1N1CCC(Oc3ccc(F)cc3F)CC1)CN(C[SH](=O)=O)CC2. The molecule has 0 bridgehead atoms. The number of benzene rings is 1. The van der Waals surface area contributed by atoms with Gasteiger partial charge in [0.2, 0.25) is 0 Å². The largest absolute Gasteiger partial charge is 0.487 e. The van der Waals surface area contributed by atoms with Gasteiger partial charge in [-0.3, -0.25) is 4.90 Å². The van der Waals surface area contributed by atoms with Gasteiger partial charge in [0.1, 0.15) is 11.9 Å². The predicted octanol–water partition coefficient (Wildman–Crippen LogP) is 2.55. The maximum Gasteiger partial charge on any atom is 0.172 e. The number of ether oxygens (including phenoxy) is 1. The third-order valence-corrected chi connectivity index (χ3v) is 6.37. The Kier molecular flexibility index (Phi) is 7.28. The van der Waals surface area contributed by atoms with E-state index in [1.807, 2.05) is 18.7 Å². The van der Waals surface area contributed by atoms with Crippen LogP contribution in [0, 0.1) is 11.6 Å². The van der Waals surface area contributed by atoms with Gasteiger partial charge in [0.25, 0.3) is 0 Å². The van der Waals surface area contributed by atoms with Crippen molar-refractivity contribution in [2.45, 2.75) is 51.8 Å². The minimum Gasteiger partial charge on any atom is -0.487 e. The second-order valence-corrected chi connectivity index (χ2v) is 9.69. The highest BCUT2D eigenvalue weighted by Crippen LogP contribution is 2.30. The molecule has 0 spiro atoms. The van der Waals surface area contributed by atoms with Crippen LogP contribution < -0.4 is 15.0 Å². The summed E-state index contributed by atoms with van der Waals surface area (Å²) in [5, 5.41) is 3.39. The Labute approximate surface area is 193 Å². The average molecular weight is 482 g/mol. The summed E-state index contributed by atoms with van der Waals surface area (Å²) < 4.78 is 55.2. The van der Waals surface area contributed by atoms with Crippen molar-refractivity contribution in [3.05, 3.63) is 41.2 Å². The van der Waals surface area contributed by atoms with Crippen molar-refractivity contribution in [3.8, 4) is 5.75 Å². The van der Waals surface area contributed by atoms with Crippen molar-refractivity contribution in [1.29, 1.82) is 0 Å². The van der Waals surface area contributed by atoms with Crippen LogP contribution in [0.5, 0.6) is 5.75 Å². The number of halogens is 2. The van der Waals surface area contributed by atoms with Gasteiger partial charge in [-0.1, -0.05) is 0 Å². The van der Waals surface area contributed by atoms with Crippen LogP contribution in [0.15, 0.2) is 18.2 Å². The van der Waals surface area contributed by atoms with Crippen molar-refractivity contribution < 1.29 is 21.9 Å². The molecule has 1 fully saturated rings. The Morgan fingerprint density at radius 3 is 2.58 bits per heavy atom. The summed E-state index contributed by atoms with van der Waals surface area (Å²) in [6.45, 7) is 6.44. The molecule has 1 saturated heterocycles. The van der Waals surface area contributed by atoms with E-state index in [1.54, 1.807) is 0 Å². The van der Waals surface area contributed by atoms with Crippen LogP contribution in [0.3, 0.4) is 0 Å². The van der Waals surface area contributed by atoms with E-state index in [2.05, 4.69) is 10.2 Å². The van der Waals surface area contributed by atoms with Gasteiger partial charge < -0.3 is 15.0 Å². The normalized spacial score (nSPS) is 17.5. The van der Waals surface area contributed by atoms with Gasteiger partial charge in [0.05, 0.1) is 17.3 Å². The van der Waals surface area contributed by atoms with E-state index in [9.17, 15) is 17.2 Å². The molecule has 0 saturated carbocycles. The zero-order valence-corrected chi connectivity index (χ0v) is 19.7. The van der Waals surface area contributed by atoms with Gasteiger partial charge in [0.15, 0.2) is 33.9 Å². The van der Waals surface area contributed by atoms with Gasteiger partial charge in [-0.15, -0.1) is 0 Å². The second kappa shape index (κ2) is 10.2. The third kappa shape index (κ3) is 5.89. The fourth-order valence-electron chi connectivity index (χ4n) is 4.19. The number of thiol groups is 1. The molecule has 0 radical (unpaired) electrons. The molecule has 1 aromatic heterocycles. The Hall–Kier alpha value is -2.53. The first kappa shape index (κ1) is 23.6. The Morgan fingerprint density at radius 1 is 1.15 bits per heavy atom. The summed E-state index contributed by atoms with van der Waals surface area (Å²) in [5.74, 6) is 0.193. The number of nitrogens with zero attached hydrogens (tertiary/aromatic N) is 4. The molecule has 11 heteroatoms. The molecule has 2 aliphatic heterocycles. The monoisotopic (exact) mass is 481 g/mol. The van der Waals surface area contributed by atoms with E-state index in [0.29, 0.717) is 45.4 Å². The van der Waals surface area contributed by atoms with E-state index in [0.717, 1.165) is 29.1 Å². The highest BCUT2D eigenvalue weighted by atomic mass is 32.2. The van der Waals surface area contributed by atoms with E-state index < -0.39 is 22.3 Å². The van der Waals surface area contributed by atoms with E-state index >= 15 is 0 Å². The molecule has 2 aromatic rings. The van der Waals surface area contributed by atoms with E-state index in [4.69, 9.17) is 14.7 Å². The molecule has 8 nitrogen and oxygen atoms in total. The van der Waals surface area contributed by atoms with Crippen molar-refractivity contribution >= 4 is 22.3 Å². The molecule has 1 aromatic carbocycles. The number of hydrogen-bond donors (Lipinski definition) is 2. The fourth-order valence-corrected chi connectivity index (χ4v) is 4.76. The van der Waals surface area contributed by atoms with Crippen molar-refractivity contribution in [3.63, 3.8) is 0 Å². The van der Waals surface area contributed by atoms with Gasteiger partial charge in [0, 0.05) is 57.5 Å². The first-order chi connectivity index (χ1) is 15.8. The van der Waals surface area contributed by atoms with Crippen LogP contribution in [-0.2, 0) is 23.7 Å². The average Bonchev–Trinajstić information content (AvgIpc) is 2.75. The summed E-state index contributed by atoms with van der Waals surface area (Å²) in [5.41, 5.74) is 1.69. The molecule has 33 heavy (non-hydrogen) atoms. The number of anilines is 2. The van der Waals surface area contributed by atoms with Gasteiger partial charge in [-0.25, -0.2) is 27.2 Å². The number of nitrogens with one attached hydrogen (secondary N) is 1.